The second-order valence-corrected chi connectivity index (χ2v) is 8.73. The number of hydrogen-bond acceptors (Lipinski definition) is 3. The van der Waals surface area contributed by atoms with Gasteiger partial charge in [-0.05, 0) is 92.7 Å². The zero-order chi connectivity index (χ0) is 18.3. The minimum Gasteiger partial charge on any atom is -0.326 e. The van der Waals surface area contributed by atoms with E-state index >= 15 is 0 Å². The van der Waals surface area contributed by atoms with Crippen LogP contribution >= 0.6 is 0 Å². The minimum atomic E-state index is -0.111. The summed E-state index contributed by atoms with van der Waals surface area (Å²) in [5, 5.41) is 11.7. The maximum absolute atomic E-state index is 13.1. The first-order chi connectivity index (χ1) is 13.2. The van der Waals surface area contributed by atoms with Gasteiger partial charge in [-0.25, -0.2) is 0 Å². The number of nitrogens with one attached hydrogen (secondary N) is 1. The highest BCUT2D eigenvalue weighted by atomic mass is 16.2. The molecule has 4 aliphatic carbocycles. The van der Waals surface area contributed by atoms with Gasteiger partial charge in [0.25, 0.3) is 0 Å². The summed E-state index contributed by atoms with van der Waals surface area (Å²) in [5.74, 6) is 2.58. The third-order valence-corrected chi connectivity index (χ3v) is 6.68. The highest BCUT2D eigenvalue weighted by Gasteiger charge is 2.54. The van der Waals surface area contributed by atoms with Crippen LogP contribution in [0.25, 0.3) is 0 Å². The van der Waals surface area contributed by atoms with E-state index in [0.717, 1.165) is 54.1 Å². The highest BCUT2D eigenvalue weighted by molar-refractivity contribution is 5.95. The molecule has 4 heteroatoms. The van der Waals surface area contributed by atoms with Gasteiger partial charge in [0.15, 0.2) is 0 Å². The van der Waals surface area contributed by atoms with Gasteiger partial charge in [0, 0.05) is 5.69 Å². The molecule has 1 N–H and O–H groups in total. The van der Waals surface area contributed by atoms with Gasteiger partial charge in [-0.2, -0.15) is 10.2 Å². The Kier molecular flexibility index (Phi) is 4.07. The van der Waals surface area contributed by atoms with Crippen LogP contribution in [0, 0.1) is 23.2 Å². The first-order valence-electron chi connectivity index (χ1n) is 10.1. The Morgan fingerprint density at radius 2 is 1.30 bits per heavy atom. The van der Waals surface area contributed by atoms with E-state index in [1.165, 1.54) is 19.3 Å². The number of nitrogens with zero attached hydrogens (tertiary/aromatic N) is 2. The summed E-state index contributed by atoms with van der Waals surface area (Å²) >= 11 is 0. The predicted molar refractivity (Wildman–Crippen MR) is 106 cm³/mol. The lowest BCUT2D eigenvalue weighted by Gasteiger charge is -2.55. The van der Waals surface area contributed by atoms with Crippen molar-refractivity contribution < 1.29 is 4.79 Å². The number of rotatable bonds is 4. The van der Waals surface area contributed by atoms with Crippen molar-refractivity contribution in [1.29, 1.82) is 0 Å². The lowest BCUT2D eigenvalue weighted by molar-refractivity contribution is -0.140. The summed E-state index contributed by atoms with van der Waals surface area (Å²) < 4.78 is 0. The van der Waals surface area contributed by atoms with Crippen LogP contribution in [0.1, 0.15) is 38.5 Å². The van der Waals surface area contributed by atoms with Gasteiger partial charge in [-0.3, -0.25) is 4.79 Å². The first kappa shape index (κ1) is 16.7. The molecule has 27 heavy (non-hydrogen) atoms. The molecule has 0 unspecified atom stereocenters. The topological polar surface area (TPSA) is 53.8 Å². The van der Waals surface area contributed by atoms with Crippen molar-refractivity contribution in [2.75, 3.05) is 5.32 Å². The Balaban J connectivity index is 1.26. The number of carbonyl (C=O) groups is 1. The maximum Gasteiger partial charge on any atom is 0.230 e. The molecule has 0 heterocycles. The SMILES string of the molecule is O=C(Nc1ccc(N=Nc2ccccc2)cc1)C12CC3CC(CC(C3)C1)C2. The summed E-state index contributed by atoms with van der Waals surface area (Å²) in [4.78, 5) is 13.1. The zero-order valence-electron chi connectivity index (χ0n) is 15.5. The van der Waals surface area contributed by atoms with Crippen LogP contribution in [0.2, 0.25) is 0 Å². The fourth-order valence-corrected chi connectivity index (χ4v) is 5.87. The van der Waals surface area contributed by atoms with E-state index in [4.69, 9.17) is 0 Å². The first-order valence-corrected chi connectivity index (χ1v) is 10.1. The number of azo groups is 1. The number of hydrogen-bond donors (Lipinski definition) is 1. The third-order valence-electron chi connectivity index (χ3n) is 6.68. The molecular formula is C23H25N3O. The van der Waals surface area contributed by atoms with E-state index in [1.807, 2.05) is 54.6 Å². The van der Waals surface area contributed by atoms with Crippen molar-refractivity contribution in [3.05, 3.63) is 54.6 Å². The summed E-state index contributed by atoms with van der Waals surface area (Å²) in [6, 6.07) is 17.3. The Bertz CT molecular complexity index is 822. The van der Waals surface area contributed by atoms with E-state index in [2.05, 4.69) is 15.5 Å². The normalized spacial score (nSPS) is 31.3. The average molecular weight is 359 g/mol. The molecule has 2 aromatic carbocycles. The van der Waals surface area contributed by atoms with Crippen LogP contribution in [0.3, 0.4) is 0 Å². The number of anilines is 1. The largest absolute Gasteiger partial charge is 0.326 e. The second-order valence-electron chi connectivity index (χ2n) is 8.73. The smallest absolute Gasteiger partial charge is 0.230 e. The van der Waals surface area contributed by atoms with Crippen molar-refractivity contribution in [3.8, 4) is 0 Å². The molecule has 4 aliphatic rings. The molecule has 4 saturated carbocycles. The Hall–Kier alpha value is -2.49. The van der Waals surface area contributed by atoms with E-state index in [-0.39, 0.29) is 11.3 Å². The molecule has 138 valence electrons. The van der Waals surface area contributed by atoms with Crippen molar-refractivity contribution in [2.45, 2.75) is 38.5 Å². The van der Waals surface area contributed by atoms with E-state index in [0.29, 0.717) is 0 Å². The van der Waals surface area contributed by atoms with Crippen LogP contribution in [-0.4, -0.2) is 5.91 Å². The molecule has 0 aliphatic heterocycles. The average Bonchev–Trinajstić information content (AvgIpc) is 2.67. The highest BCUT2D eigenvalue weighted by Crippen LogP contribution is 2.60. The molecule has 6 rings (SSSR count). The molecule has 0 aromatic heterocycles. The molecule has 2 aromatic rings. The van der Waals surface area contributed by atoms with E-state index < -0.39 is 0 Å². The summed E-state index contributed by atoms with van der Waals surface area (Å²) in [6.07, 6.45) is 7.34. The Labute approximate surface area is 160 Å². The van der Waals surface area contributed by atoms with E-state index in [9.17, 15) is 4.79 Å². The molecule has 0 atom stereocenters. The number of carbonyl (C=O) groups excluding carboxylic acids is 1. The zero-order valence-corrected chi connectivity index (χ0v) is 15.5. The molecule has 4 nitrogen and oxygen atoms in total. The molecule has 0 spiro atoms. The lowest BCUT2D eigenvalue weighted by Crippen LogP contribution is -2.51. The lowest BCUT2D eigenvalue weighted by atomic mass is 9.49. The number of amides is 1. The monoisotopic (exact) mass is 359 g/mol. The standard InChI is InChI=1S/C23H25N3O/c27-22(23-13-16-10-17(14-23)12-18(11-16)15-23)24-19-6-8-21(9-7-19)26-25-20-4-2-1-3-5-20/h1-9,16-18H,10-15H2,(H,24,27). The van der Waals surface area contributed by atoms with Crippen LogP contribution in [0.5, 0.6) is 0 Å². The summed E-state index contributed by atoms with van der Waals surface area (Å²) in [5.41, 5.74) is 2.36. The molecule has 1 amide bonds. The van der Waals surface area contributed by atoms with Crippen LogP contribution in [0.15, 0.2) is 64.8 Å². The minimum absolute atomic E-state index is 0.111. The quantitative estimate of drug-likeness (QED) is 0.644. The summed E-state index contributed by atoms with van der Waals surface area (Å²) in [7, 11) is 0. The van der Waals surface area contributed by atoms with Gasteiger partial charge in [-0.1, -0.05) is 18.2 Å². The van der Waals surface area contributed by atoms with Gasteiger partial charge in [0.05, 0.1) is 16.8 Å². The predicted octanol–water partition coefficient (Wildman–Crippen LogP) is 6.26. The Morgan fingerprint density at radius 1 is 0.778 bits per heavy atom. The van der Waals surface area contributed by atoms with Crippen LogP contribution in [-0.2, 0) is 4.79 Å². The van der Waals surface area contributed by atoms with Gasteiger partial charge >= 0.3 is 0 Å². The molecular weight excluding hydrogens is 334 g/mol. The molecule has 0 radical (unpaired) electrons. The molecule has 4 bridgehead atoms. The number of benzene rings is 2. The van der Waals surface area contributed by atoms with Crippen LogP contribution < -0.4 is 5.32 Å². The maximum atomic E-state index is 13.1. The van der Waals surface area contributed by atoms with Gasteiger partial charge in [0.1, 0.15) is 0 Å². The fourth-order valence-electron chi connectivity index (χ4n) is 5.87. The molecule has 4 fully saturated rings. The van der Waals surface area contributed by atoms with Gasteiger partial charge in [-0.15, -0.1) is 0 Å². The van der Waals surface area contributed by atoms with Crippen molar-refractivity contribution in [1.82, 2.24) is 0 Å². The summed E-state index contributed by atoms with van der Waals surface area (Å²) in [6.45, 7) is 0. The van der Waals surface area contributed by atoms with Gasteiger partial charge in [0.2, 0.25) is 5.91 Å². The van der Waals surface area contributed by atoms with Crippen LogP contribution in [0.4, 0.5) is 17.1 Å². The fraction of sp³-hybridized carbons (Fsp3) is 0.435. The van der Waals surface area contributed by atoms with Crippen molar-refractivity contribution in [3.63, 3.8) is 0 Å². The third kappa shape index (κ3) is 3.29. The Morgan fingerprint density at radius 3 is 1.85 bits per heavy atom. The second kappa shape index (κ2) is 6.59. The van der Waals surface area contributed by atoms with Crippen molar-refractivity contribution >= 4 is 23.0 Å². The van der Waals surface area contributed by atoms with Gasteiger partial charge < -0.3 is 5.32 Å². The van der Waals surface area contributed by atoms with E-state index in [1.54, 1.807) is 0 Å². The van der Waals surface area contributed by atoms with Crippen molar-refractivity contribution in [2.24, 2.45) is 33.4 Å². The molecule has 0 saturated heterocycles.